The van der Waals surface area contributed by atoms with Gasteiger partial charge in [-0.25, -0.2) is 9.67 Å². The highest BCUT2D eigenvalue weighted by atomic mass is 35.5. The molecule has 3 aromatic rings. The Kier molecular flexibility index (Phi) is 6.57. The van der Waals surface area contributed by atoms with E-state index in [1.807, 2.05) is 39.8 Å². The van der Waals surface area contributed by atoms with Gasteiger partial charge in [-0.05, 0) is 57.2 Å². The Morgan fingerprint density at radius 1 is 1.22 bits per heavy atom. The molecule has 1 unspecified atom stereocenters. The summed E-state index contributed by atoms with van der Waals surface area (Å²) in [5, 5.41) is 15.3. The van der Waals surface area contributed by atoms with Crippen molar-refractivity contribution in [2.24, 2.45) is 0 Å². The number of amides is 1. The van der Waals surface area contributed by atoms with Gasteiger partial charge in [-0.1, -0.05) is 11.6 Å². The van der Waals surface area contributed by atoms with Crippen molar-refractivity contribution < 1.29 is 14.7 Å². The minimum Gasteiger partial charge on any atom is -0.483 e. The third-order valence-corrected chi connectivity index (χ3v) is 6.20. The van der Waals surface area contributed by atoms with Crippen LogP contribution in [0.15, 0.2) is 42.9 Å². The number of nitrogens with zero attached hydrogens (tertiary/aromatic N) is 5. The number of anilines is 1. The van der Waals surface area contributed by atoms with Crippen molar-refractivity contribution >= 4 is 29.8 Å². The van der Waals surface area contributed by atoms with Crippen molar-refractivity contribution in [1.82, 2.24) is 24.2 Å². The normalized spacial score (nSPS) is 18.9. The molecule has 0 spiro atoms. The Labute approximate surface area is 190 Å². The smallest absolute Gasteiger partial charge is 0.290 e. The number of piperidine rings is 1. The van der Waals surface area contributed by atoms with Gasteiger partial charge in [0, 0.05) is 36.0 Å². The van der Waals surface area contributed by atoms with E-state index < -0.39 is 0 Å². The highest BCUT2D eigenvalue weighted by Gasteiger charge is 2.34. The van der Waals surface area contributed by atoms with E-state index in [-0.39, 0.29) is 18.3 Å². The van der Waals surface area contributed by atoms with Gasteiger partial charge in [-0.3, -0.25) is 9.59 Å². The number of hydrogen-bond donors (Lipinski definition) is 2. The molecule has 0 saturated carbocycles. The van der Waals surface area contributed by atoms with Gasteiger partial charge in [-0.2, -0.15) is 5.10 Å². The largest absolute Gasteiger partial charge is 0.483 e. The van der Waals surface area contributed by atoms with Crippen molar-refractivity contribution in [2.75, 3.05) is 25.5 Å². The molecular weight excluding hydrogens is 432 g/mol. The van der Waals surface area contributed by atoms with Crippen LogP contribution < -0.4 is 5.32 Å². The van der Waals surface area contributed by atoms with E-state index in [0.717, 1.165) is 48.8 Å². The number of carbonyl (C=O) groups is 2. The second-order valence-corrected chi connectivity index (χ2v) is 8.41. The molecule has 5 rings (SSSR count). The van der Waals surface area contributed by atoms with Gasteiger partial charge in [0.15, 0.2) is 0 Å². The molecule has 9 nitrogen and oxygen atoms in total. The van der Waals surface area contributed by atoms with Gasteiger partial charge in [0.05, 0.1) is 17.3 Å². The lowest BCUT2D eigenvalue weighted by Crippen LogP contribution is -2.33. The molecule has 1 amide bonds. The fourth-order valence-corrected chi connectivity index (χ4v) is 4.53. The zero-order chi connectivity index (χ0) is 22.7. The first kappa shape index (κ1) is 22.0. The van der Waals surface area contributed by atoms with Crippen LogP contribution in [-0.4, -0.2) is 61.9 Å². The summed E-state index contributed by atoms with van der Waals surface area (Å²) < 4.78 is 4.05. The average Bonchev–Trinajstić information content (AvgIpc) is 3.42. The minimum absolute atomic E-state index is 0.0222. The number of carbonyl (C=O) groups excluding carboxylic acids is 1. The summed E-state index contributed by atoms with van der Waals surface area (Å²) in [4.78, 5) is 27.7. The summed E-state index contributed by atoms with van der Waals surface area (Å²) in [6, 6.07) is 8.07. The van der Waals surface area contributed by atoms with Crippen LogP contribution in [0.4, 0.5) is 5.82 Å². The van der Waals surface area contributed by atoms with Gasteiger partial charge in [0.25, 0.3) is 6.47 Å². The molecule has 168 valence electrons. The maximum Gasteiger partial charge on any atom is 0.290 e. The summed E-state index contributed by atoms with van der Waals surface area (Å²) in [6.07, 6.45) is 8.00. The second-order valence-electron chi connectivity index (χ2n) is 7.98. The maximum atomic E-state index is 12.6. The van der Waals surface area contributed by atoms with Gasteiger partial charge in [0.2, 0.25) is 5.91 Å². The molecule has 3 aromatic heterocycles. The van der Waals surface area contributed by atoms with E-state index in [2.05, 4.69) is 28.3 Å². The molecule has 5 heterocycles. The lowest BCUT2D eigenvalue weighted by atomic mass is 9.91. The van der Waals surface area contributed by atoms with E-state index in [1.54, 1.807) is 6.20 Å². The van der Waals surface area contributed by atoms with Crippen LogP contribution >= 0.6 is 11.6 Å². The molecular formula is C22H25ClN6O3. The molecule has 0 aliphatic carbocycles. The number of rotatable bonds is 3. The molecule has 0 bridgehead atoms. The summed E-state index contributed by atoms with van der Waals surface area (Å²) >= 11 is 5.99. The average molecular weight is 457 g/mol. The number of carboxylic acid groups (broad SMARTS) is 1. The molecule has 1 saturated heterocycles. The minimum atomic E-state index is -0.250. The molecule has 32 heavy (non-hydrogen) atoms. The fourth-order valence-electron chi connectivity index (χ4n) is 4.42. The maximum absolute atomic E-state index is 12.6. The Bertz CT molecular complexity index is 1090. The predicted molar refractivity (Wildman–Crippen MR) is 120 cm³/mol. The van der Waals surface area contributed by atoms with E-state index in [1.165, 1.54) is 0 Å². The van der Waals surface area contributed by atoms with E-state index in [0.29, 0.717) is 17.5 Å². The second kappa shape index (κ2) is 9.54. The summed E-state index contributed by atoms with van der Waals surface area (Å²) in [5.74, 6) is 1.59. The van der Waals surface area contributed by atoms with Gasteiger partial charge < -0.3 is 19.9 Å². The predicted octanol–water partition coefficient (Wildman–Crippen LogP) is 3.16. The van der Waals surface area contributed by atoms with Gasteiger partial charge >= 0.3 is 0 Å². The molecule has 10 heteroatoms. The Balaban J connectivity index is 0.000000775. The summed E-state index contributed by atoms with van der Waals surface area (Å²) in [5.41, 5.74) is 2.09. The Hall–Kier alpha value is -3.17. The zero-order valence-electron chi connectivity index (χ0n) is 17.7. The standard InChI is InChI=1S/C21H23ClN6O.CH2O2/c1-26-9-6-15(7-10-26)28-21-17(13-24-28)16(11-20(29)25-21)18-3-2-8-27(18)19-5-4-14(22)12-23-19;2-1-3/h2-5,8,12-13,15-16H,6-7,9-11H2,1H3,(H,25,29);1H,(H,2,3). The number of likely N-dealkylation sites (tertiary alicyclic amines) is 1. The molecule has 0 aromatic carbocycles. The highest BCUT2D eigenvalue weighted by Crippen LogP contribution is 2.40. The van der Waals surface area contributed by atoms with Crippen LogP contribution in [0.1, 0.15) is 42.5 Å². The van der Waals surface area contributed by atoms with Crippen molar-refractivity contribution in [3.05, 3.63) is 59.1 Å². The highest BCUT2D eigenvalue weighted by molar-refractivity contribution is 6.30. The number of hydrogen-bond acceptors (Lipinski definition) is 5. The van der Waals surface area contributed by atoms with Crippen molar-refractivity contribution in [2.45, 2.75) is 31.2 Å². The van der Waals surface area contributed by atoms with Crippen molar-refractivity contribution in [1.29, 1.82) is 0 Å². The van der Waals surface area contributed by atoms with E-state index in [9.17, 15) is 4.79 Å². The van der Waals surface area contributed by atoms with Crippen molar-refractivity contribution in [3.8, 4) is 5.82 Å². The fraction of sp³-hybridized carbons (Fsp3) is 0.364. The van der Waals surface area contributed by atoms with Crippen LogP contribution in [-0.2, 0) is 9.59 Å². The van der Waals surface area contributed by atoms with Crippen LogP contribution in [0.5, 0.6) is 0 Å². The van der Waals surface area contributed by atoms with E-state index in [4.69, 9.17) is 26.6 Å². The van der Waals surface area contributed by atoms with Crippen LogP contribution in [0.3, 0.4) is 0 Å². The molecule has 2 aliphatic heterocycles. The third-order valence-electron chi connectivity index (χ3n) is 5.98. The topological polar surface area (TPSA) is 105 Å². The first-order valence-corrected chi connectivity index (χ1v) is 10.8. The molecule has 0 radical (unpaired) electrons. The quantitative estimate of drug-likeness (QED) is 0.586. The van der Waals surface area contributed by atoms with E-state index >= 15 is 0 Å². The lowest BCUT2D eigenvalue weighted by Gasteiger charge is -2.31. The molecule has 2 aliphatic rings. The van der Waals surface area contributed by atoms with Crippen molar-refractivity contribution in [3.63, 3.8) is 0 Å². The number of halogens is 1. The first-order valence-electron chi connectivity index (χ1n) is 10.4. The SMILES string of the molecule is CN1CCC(n2ncc3c2NC(=O)CC3c2cccn2-c2ccc(Cl)cn2)CC1.O=CO. The third kappa shape index (κ3) is 4.39. The number of pyridine rings is 1. The number of nitrogens with one attached hydrogen (secondary N) is 1. The zero-order valence-corrected chi connectivity index (χ0v) is 18.4. The monoisotopic (exact) mass is 456 g/mol. The first-order chi connectivity index (χ1) is 15.5. The molecule has 1 fully saturated rings. The Morgan fingerprint density at radius 3 is 2.66 bits per heavy atom. The van der Waals surface area contributed by atoms with Crippen LogP contribution in [0, 0.1) is 0 Å². The number of aromatic nitrogens is 4. The summed E-state index contributed by atoms with van der Waals surface area (Å²) in [7, 11) is 2.14. The summed E-state index contributed by atoms with van der Waals surface area (Å²) in [6.45, 7) is 1.84. The lowest BCUT2D eigenvalue weighted by molar-refractivity contribution is -0.123. The van der Waals surface area contributed by atoms with Gasteiger partial charge in [0.1, 0.15) is 11.6 Å². The van der Waals surface area contributed by atoms with Crippen LogP contribution in [0.2, 0.25) is 5.02 Å². The molecule has 2 N–H and O–H groups in total. The van der Waals surface area contributed by atoms with Gasteiger partial charge in [-0.15, -0.1) is 0 Å². The molecule has 1 atom stereocenters. The Morgan fingerprint density at radius 2 is 1.97 bits per heavy atom. The van der Waals surface area contributed by atoms with Crippen LogP contribution in [0.25, 0.3) is 5.82 Å². The number of fused-ring (bicyclic) bond motifs is 1.